The quantitative estimate of drug-likeness (QED) is 0.742. The van der Waals surface area contributed by atoms with E-state index in [2.05, 4.69) is 23.3 Å². The summed E-state index contributed by atoms with van der Waals surface area (Å²) in [5.74, 6) is -1.15. The zero-order valence-electron chi connectivity index (χ0n) is 14.0. The Morgan fingerprint density at radius 2 is 1.80 bits per heavy atom. The Morgan fingerprint density at radius 3 is 2.56 bits per heavy atom. The lowest BCUT2D eigenvalue weighted by Gasteiger charge is -2.06. The molecule has 0 fully saturated rings. The molecule has 25 heavy (non-hydrogen) atoms. The molecule has 0 unspecified atom stereocenters. The van der Waals surface area contributed by atoms with Crippen molar-refractivity contribution < 1.29 is 14.7 Å². The Morgan fingerprint density at radius 1 is 1.08 bits per heavy atom. The second-order valence-electron chi connectivity index (χ2n) is 6.53. The van der Waals surface area contributed by atoms with Crippen molar-refractivity contribution in [3.05, 3.63) is 53.2 Å². The number of hydrogen-bond donors (Lipinski definition) is 1. The van der Waals surface area contributed by atoms with Crippen molar-refractivity contribution >= 4 is 22.7 Å². The van der Waals surface area contributed by atoms with E-state index < -0.39 is 5.97 Å². The summed E-state index contributed by atoms with van der Waals surface area (Å²) in [6, 6.07) is 12.3. The zero-order valence-corrected chi connectivity index (χ0v) is 14.0. The van der Waals surface area contributed by atoms with Gasteiger partial charge in [-0.25, -0.2) is 0 Å². The first-order valence-electron chi connectivity index (χ1n) is 8.38. The predicted molar refractivity (Wildman–Crippen MR) is 94.8 cm³/mol. The van der Waals surface area contributed by atoms with Crippen LogP contribution in [0.3, 0.4) is 0 Å². The summed E-state index contributed by atoms with van der Waals surface area (Å²) in [4.78, 5) is 23.0. The van der Waals surface area contributed by atoms with Gasteiger partial charge in [0.05, 0.1) is 5.52 Å². The summed E-state index contributed by atoms with van der Waals surface area (Å²) in [6.45, 7) is 1.19. The molecule has 0 aliphatic heterocycles. The molecular formula is C20H18N2O3. The molecule has 3 aromatic rings. The van der Waals surface area contributed by atoms with Gasteiger partial charge in [0.15, 0.2) is 5.78 Å². The maximum absolute atomic E-state index is 11.9. The van der Waals surface area contributed by atoms with Crippen molar-refractivity contribution in [3.8, 4) is 11.1 Å². The number of Topliss-reactive ketones (excluding diaryl/α,β-unsaturated/α-hetero) is 1. The van der Waals surface area contributed by atoms with Crippen LogP contribution in [-0.2, 0) is 24.2 Å². The first-order valence-corrected chi connectivity index (χ1v) is 8.38. The number of rotatable bonds is 4. The SMILES string of the molecule is CC(=O)c1nn(CC(=O)O)c2ccc(-c3ccc4c(c3)CCC4)cc12. The molecule has 5 nitrogen and oxygen atoms in total. The third-order valence-corrected chi connectivity index (χ3v) is 4.80. The van der Waals surface area contributed by atoms with Crippen LogP contribution in [0.25, 0.3) is 22.0 Å². The topological polar surface area (TPSA) is 72.2 Å². The van der Waals surface area contributed by atoms with Crippen molar-refractivity contribution in [2.24, 2.45) is 0 Å². The monoisotopic (exact) mass is 334 g/mol. The highest BCUT2D eigenvalue weighted by Gasteiger charge is 2.17. The minimum atomic E-state index is -0.984. The Balaban J connectivity index is 1.85. The van der Waals surface area contributed by atoms with E-state index in [1.165, 1.54) is 29.2 Å². The number of nitrogens with zero attached hydrogens (tertiary/aromatic N) is 2. The number of carboxylic acids is 1. The smallest absolute Gasteiger partial charge is 0.325 e. The van der Waals surface area contributed by atoms with Gasteiger partial charge in [-0.1, -0.05) is 24.3 Å². The minimum Gasteiger partial charge on any atom is -0.480 e. The highest BCUT2D eigenvalue weighted by molar-refractivity contribution is 6.06. The molecule has 1 aliphatic carbocycles. The molecule has 126 valence electrons. The van der Waals surface area contributed by atoms with Crippen molar-refractivity contribution in [1.82, 2.24) is 9.78 Å². The number of ketones is 1. The normalized spacial score (nSPS) is 13.2. The van der Waals surface area contributed by atoms with Gasteiger partial charge in [-0.3, -0.25) is 14.3 Å². The summed E-state index contributed by atoms with van der Waals surface area (Å²) in [6.07, 6.45) is 3.46. The van der Waals surface area contributed by atoms with E-state index in [9.17, 15) is 9.59 Å². The van der Waals surface area contributed by atoms with Gasteiger partial charge in [0.2, 0.25) is 0 Å². The molecule has 1 N–H and O–H groups in total. The third kappa shape index (κ3) is 2.71. The molecule has 0 bridgehead atoms. The van der Waals surface area contributed by atoms with Crippen LogP contribution in [0.2, 0.25) is 0 Å². The van der Waals surface area contributed by atoms with E-state index >= 15 is 0 Å². The maximum atomic E-state index is 11.9. The molecule has 0 spiro atoms. The van der Waals surface area contributed by atoms with Gasteiger partial charge < -0.3 is 5.11 Å². The Labute approximate surface area is 144 Å². The Bertz CT molecular complexity index is 1020. The number of aryl methyl sites for hydroxylation is 2. The van der Waals surface area contributed by atoms with Crippen molar-refractivity contribution in [2.45, 2.75) is 32.7 Å². The van der Waals surface area contributed by atoms with E-state index in [0.29, 0.717) is 16.6 Å². The molecule has 0 saturated heterocycles. The van der Waals surface area contributed by atoms with Crippen LogP contribution in [-0.4, -0.2) is 26.6 Å². The summed E-state index contributed by atoms with van der Waals surface area (Å²) in [5, 5.41) is 14.0. The van der Waals surface area contributed by atoms with Gasteiger partial charge in [0.25, 0.3) is 0 Å². The Kier molecular flexibility index (Phi) is 3.64. The van der Waals surface area contributed by atoms with Crippen LogP contribution < -0.4 is 0 Å². The fourth-order valence-corrected chi connectivity index (χ4v) is 3.62. The van der Waals surface area contributed by atoms with E-state index in [-0.39, 0.29) is 12.3 Å². The zero-order chi connectivity index (χ0) is 17.6. The van der Waals surface area contributed by atoms with E-state index in [4.69, 9.17) is 5.11 Å². The van der Waals surface area contributed by atoms with E-state index in [1.54, 1.807) is 0 Å². The first-order chi connectivity index (χ1) is 12.0. The molecule has 0 atom stereocenters. The largest absolute Gasteiger partial charge is 0.480 e. The van der Waals surface area contributed by atoms with Gasteiger partial charge in [-0.2, -0.15) is 5.10 Å². The number of carboxylic acid groups (broad SMARTS) is 1. The van der Waals surface area contributed by atoms with Crippen molar-refractivity contribution in [1.29, 1.82) is 0 Å². The summed E-state index contributed by atoms with van der Waals surface area (Å²) in [5.41, 5.74) is 5.92. The van der Waals surface area contributed by atoms with Gasteiger partial charge in [0, 0.05) is 12.3 Å². The molecule has 0 amide bonds. The van der Waals surface area contributed by atoms with Gasteiger partial charge >= 0.3 is 5.97 Å². The van der Waals surface area contributed by atoms with Crippen LogP contribution in [0, 0.1) is 0 Å². The van der Waals surface area contributed by atoms with Crippen LogP contribution in [0.5, 0.6) is 0 Å². The average Bonchev–Trinajstić information content (AvgIpc) is 3.18. The lowest BCUT2D eigenvalue weighted by atomic mass is 9.99. The van der Waals surface area contributed by atoms with Crippen molar-refractivity contribution in [3.63, 3.8) is 0 Å². The predicted octanol–water partition coefficient (Wildman–Crippen LogP) is 3.48. The minimum absolute atomic E-state index is 0.166. The number of fused-ring (bicyclic) bond motifs is 2. The second kappa shape index (κ2) is 5.84. The van der Waals surface area contributed by atoms with Crippen molar-refractivity contribution in [2.75, 3.05) is 0 Å². The molecule has 0 radical (unpaired) electrons. The van der Waals surface area contributed by atoms with E-state index in [0.717, 1.165) is 24.0 Å². The molecule has 1 aromatic heterocycles. The second-order valence-corrected chi connectivity index (χ2v) is 6.53. The number of carbonyl (C=O) groups is 2. The molecule has 1 heterocycles. The molecular weight excluding hydrogens is 316 g/mol. The average molecular weight is 334 g/mol. The standard InChI is InChI=1S/C20H18N2O3/c1-12(23)20-17-10-16(7-8-18(17)22(21-20)11-19(24)25)15-6-5-13-3-2-4-14(13)9-15/h5-10H,2-4,11H2,1H3,(H,24,25). The van der Waals surface area contributed by atoms with Crippen LogP contribution in [0.4, 0.5) is 0 Å². The molecule has 5 heteroatoms. The number of carbonyl (C=O) groups excluding carboxylic acids is 1. The number of benzene rings is 2. The summed E-state index contributed by atoms with van der Waals surface area (Å²) >= 11 is 0. The number of aromatic nitrogens is 2. The summed E-state index contributed by atoms with van der Waals surface area (Å²) < 4.78 is 1.38. The van der Waals surface area contributed by atoms with Gasteiger partial charge in [-0.05, 0) is 53.6 Å². The summed E-state index contributed by atoms with van der Waals surface area (Å²) in [7, 11) is 0. The van der Waals surface area contributed by atoms with Crippen LogP contribution >= 0.6 is 0 Å². The van der Waals surface area contributed by atoms with Gasteiger partial charge in [-0.15, -0.1) is 0 Å². The lowest BCUT2D eigenvalue weighted by molar-refractivity contribution is -0.137. The molecule has 4 rings (SSSR count). The first kappa shape index (κ1) is 15.6. The number of hydrogen-bond acceptors (Lipinski definition) is 3. The number of aliphatic carboxylic acids is 1. The third-order valence-electron chi connectivity index (χ3n) is 4.80. The van der Waals surface area contributed by atoms with Crippen LogP contribution in [0.15, 0.2) is 36.4 Å². The van der Waals surface area contributed by atoms with Gasteiger partial charge in [0.1, 0.15) is 12.2 Å². The lowest BCUT2D eigenvalue weighted by Crippen LogP contribution is -2.10. The van der Waals surface area contributed by atoms with Crippen LogP contribution in [0.1, 0.15) is 35.0 Å². The van der Waals surface area contributed by atoms with E-state index in [1.807, 2.05) is 18.2 Å². The fourth-order valence-electron chi connectivity index (χ4n) is 3.62. The molecule has 2 aromatic carbocycles. The Hall–Kier alpha value is -2.95. The molecule has 0 saturated carbocycles. The molecule has 1 aliphatic rings. The highest BCUT2D eigenvalue weighted by Crippen LogP contribution is 2.31. The maximum Gasteiger partial charge on any atom is 0.325 e. The highest BCUT2D eigenvalue weighted by atomic mass is 16.4. The fraction of sp³-hybridized carbons (Fsp3) is 0.250.